The predicted octanol–water partition coefficient (Wildman–Crippen LogP) is 3.18. The van der Waals surface area contributed by atoms with Crippen LogP contribution < -0.4 is 5.32 Å². The SMILES string of the molecule is C[C@@H](OC(=O)Cc1coc2cc(O)ccc12)C(=O)Nc1sccc1C#N. The second-order valence-corrected chi connectivity index (χ2v) is 6.43. The second-order valence-electron chi connectivity index (χ2n) is 5.51. The summed E-state index contributed by atoms with van der Waals surface area (Å²) in [6.45, 7) is 1.46. The first-order chi connectivity index (χ1) is 12.5. The maximum absolute atomic E-state index is 12.1. The van der Waals surface area contributed by atoms with Gasteiger partial charge in [0.2, 0.25) is 0 Å². The van der Waals surface area contributed by atoms with E-state index in [1.807, 2.05) is 6.07 Å². The van der Waals surface area contributed by atoms with Gasteiger partial charge in [0.15, 0.2) is 6.10 Å². The first-order valence-corrected chi connectivity index (χ1v) is 8.53. The third-order valence-corrected chi connectivity index (χ3v) is 4.50. The Morgan fingerprint density at radius 1 is 1.42 bits per heavy atom. The van der Waals surface area contributed by atoms with E-state index in [9.17, 15) is 14.7 Å². The van der Waals surface area contributed by atoms with E-state index in [0.717, 1.165) is 0 Å². The molecule has 7 nitrogen and oxygen atoms in total. The highest BCUT2D eigenvalue weighted by Gasteiger charge is 2.21. The average molecular weight is 370 g/mol. The van der Waals surface area contributed by atoms with E-state index in [-0.39, 0.29) is 12.2 Å². The Morgan fingerprint density at radius 2 is 2.23 bits per heavy atom. The van der Waals surface area contributed by atoms with Gasteiger partial charge in [-0.05, 0) is 30.5 Å². The van der Waals surface area contributed by atoms with E-state index in [0.29, 0.717) is 27.1 Å². The molecule has 8 heteroatoms. The van der Waals surface area contributed by atoms with E-state index in [2.05, 4.69) is 5.32 Å². The zero-order valence-electron chi connectivity index (χ0n) is 13.7. The molecule has 1 atom stereocenters. The number of rotatable bonds is 5. The summed E-state index contributed by atoms with van der Waals surface area (Å²) in [5.74, 6) is -1.04. The van der Waals surface area contributed by atoms with Gasteiger partial charge >= 0.3 is 5.97 Å². The van der Waals surface area contributed by atoms with Crippen LogP contribution in [0.5, 0.6) is 5.75 Å². The van der Waals surface area contributed by atoms with Crippen LogP contribution in [0.25, 0.3) is 11.0 Å². The zero-order valence-corrected chi connectivity index (χ0v) is 14.5. The summed E-state index contributed by atoms with van der Waals surface area (Å²) in [6.07, 6.45) is 0.331. The molecule has 3 aromatic rings. The number of nitrogens with zero attached hydrogens (tertiary/aromatic N) is 1. The number of benzene rings is 1. The van der Waals surface area contributed by atoms with Gasteiger partial charge in [-0.1, -0.05) is 0 Å². The van der Waals surface area contributed by atoms with Crippen molar-refractivity contribution in [3.63, 3.8) is 0 Å². The molecule has 1 aromatic carbocycles. The summed E-state index contributed by atoms with van der Waals surface area (Å²) >= 11 is 1.22. The predicted molar refractivity (Wildman–Crippen MR) is 94.8 cm³/mol. The Labute approximate surface area is 152 Å². The van der Waals surface area contributed by atoms with E-state index in [1.165, 1.54) is 36.7 Å². The molecule has 2 N–H and O–H groups in total. The lowest BCUT2D eigenvalue weighted by molar-refractivity contribution is -0.152. The summed E-state index contributed by atoms with van der Waals surface area (Å²) < 4.78 is 10.5. The molecule has 0 fully saturated rings. The lowest BCUT2D eigenvalue weighted by Crippen LogP contribution is -2.30. The smallest absolute Gasteiger partial charge is 0.311 e. The van der Waals surface area contributed by atoms with E-state index < -0.39 is 18.0 Å². The quantitative estimate of drug-likeness (QED) is 0.667. The third kappa shape index (κ3) is 3.68. The van der Waals surface area contributed by atoms with Crippen molar-refractivity contribution in [1.82, 2.24) is 0 Å². The number of phenols is 1. The van der Waals surface area contributed by atoms with Crippen molar-refractivity contribution >= 4 is 39.2 Å². The van der Waals surface area contributed by atoms with Crippen molar-refractivity contribution in [1.29, 1.82) is 5.26 Å². The fourth-order valence-electron chi connectivity index (χ4n) is 2.36. The highest BCUT2D eigenvalue weighted by Crippen LogP contribution is 2.26. The van der Waals surface area contributed by atoms with Gasteiger partial charge in [0.25, 0.3) is 5.91 Å². The molecular formula is C18H14N2O5S. The number of carbonyl (C=O) groups is 2. The van der Waals surface area contributed by atoms with Gasteiger partial charge in [-0.2, -0.15) is 5.26 Å². The van der Waals surface area contributed by atoms with Crippen LogP contribution in [0, 0.1) is 11.3 Å². The van der Waals surface area contributed by atoms with Crippen molar-refractivity contribution in [2.24, 2.45) is 0 Å². The minimum Gasteiger partial charge on any atom is -0.508 e. The summed E-state index contributed by atoms with van der Waals surface area (Å²) in [5.41, 5.74) is 1.41. The minimum absolute atomic E-state index is 0.0663. The molecule has 26 heavy (non-hydrogen) atoms. The molecule has 0 radical (unpaired) electrons. The first-order valence-electron chi connectivity index (χ1n) is 7.65. The standard InChI is InChI=1S/C18H14N2O5S/c1-10(17(23)20-18-11(8-19)4-5-26-18)25-16(22)6-12-9-24-15-7-13(21)2-3-14(12)15/h2-5,7,9-10,21H,6H2,1H3,(H,20,23)/t10-/m1/s1. The Hall–Kier alpha value is -3.31. The fourth-order valence-corrected chi connectivity index (χ4v) is 3.10. The van der Waals surface area contributed by atoms with E-state index in [4.69, 9.17) is 14.4 Å². The topological polar surface area (TPSA) is 113 Å². The Kier molecular flexibility index (Phi) is 4.91. The van der Waals surface area contributed by atoms with Gasteiger partial charge in [-0.15, -0.1) is 11.3 Å². The Morgan fingerprint density at radius 3 is 3.00 bits per heavy atom. The number of carbonyl (C=O) groups excluding carboxylic acids is 2. The summed E-state index contributed by atoms with van der Waals surface area (Å²) in [4.78, 5) is 24.2. The van der Waals surface area contributed by atoms with Crippen LogP contribution in [0.4, 0.5) is 5.00 Å². The molecule has 0 unspecified atom stereocenters. The normalized spacial score (nSPS) is 11.7. The van der Waals surface area contributed by atoms with Gasteiger partial charge in [-0.3, -0.25) is 9.59 Å². The van der Waals surface area contributed by atoms with Crippen molar-refractivity contribution in [3.8, 4) is 11.8 Å². The van der Waals surface area contributed by atoms with Crippen LogP contribution in [-0.2, 0) is 20.7 Å². The van der Waals surface area contributed by atoms with Crippen LogP contribution in [0.2, 0.25) is 0 Å². The number of nitrogens with one attached hydrogen (secondary N) is 1. The number of fused-ring (bicyclic) bond motifs is 1. The second kappa shape index (κ2) is 7.29. The molecule has 2 aromatic heterocycles. The number of amides is 1. The number of esters is 1. The van der Waals surface area contributed by atoms with E-state index >= 15 is 0 Å². The summed E-state index contributed by atoms with van der Waals surface area (Å²) in [7, 11) is 0. The molecule has 0 bridgehead atoms. The maximum Gasteiger partial charge on any atom is 0.311 e. The highest BCUT2D eigenvalue weighted by atomic mass is 32.1. The van der Waals surface area contributed by atoms with Crippen LogP contribution in [0.15, 0.2) is 40.3 Å². The van der Waals surface area contributed by atoms with Crippen LogP contribution in [-0.4, -0.2) is 23.1 Å². The number of nitriles is 1. The lowest BCUT2D eigenvalue weighted by Gasteiger charge is -2.12. The molecule has 0 aliphatic rings. The minimum atomic E-state index is -1.02. The van der Waals surface area contributed by atoms with Crippen LogP contribution in [0.3, 0.4) is 0 Å². The molecule has 2 heterocycles. The molecular weight excluding hydrogens is 356 g/mol. The van der Waals surface area contributed by atoms with Gasteiger partial charge < -0.3 is 19.6 Å². The number of hydrogen-bond acceptors (Lipinski definition) is 7. The fraction of sp³-hybridized carbons (Fsp3) is 0.167. The Bertz CT molecular complexity index is 1010. The van der Waals surface area contributed by atoms with Crippen molar-refractivity contribution in [2.45, 2.75) is 19.4 Å². The molecule has 0 saturated heterocycles. The number of phenolic OH excluding ortho intramolecular Hbond substituents is 1. The number of thiophene rings is 1. The van der Waals surface area contributed by atoms with Gasteiger partial charge in [0.05, 0.1) is 18.2 Å². The number of aromatic hydroxyl groups is 1. The largest absolute Gasteiger partial charge is 0.508 e. The summed E-state index contributed by atoms with van der Waals surface area (Å²) in [6, 6.07) is 8.16. The highest BCUT2D eigenvalue weighted by molar-refractivity contribution is 7.14. The van der Waals surface area contributed by atoms with Gasteiger partial charge in [-0.25, -0.2) is 0 Å². The number of anilines is 1. The first kappa shape index (κ1) is 17.5. The zero-order chi connectivity index (χ0) is 18.7. The van der Waals surface area contributed by atoms with E-state index in [1.54, 1.807) is 17.5 Å². The summed E-state index contributed by atoms with van der Waals surface area (Å²) in [5, 5.41) is 23.7. The van der Waals surface area contributed by atoms with Crippen molar-refractivity contribution < 1.29 is 23.8 Å². The van der Waals surface area contributed by atoms with Crippen LogP contribution in [0.1, 0.15) is 18.1 Å². The number of ether oxygens (including phenoxy) is 1. The van der Waals surface area contributed by atoms with Gasteiger partial charge in [0, 0.05) is 17.0 Å². The third-order valence-electron chi connectivity index (χ3n) is 3.67. The molecule has 3 rings (SSSR count). The van der Waals surface area contributed by atoms with Gasteiger partial charge in [0.1, 0.15) is 22.4 Å². The molecule has 1 amide bonds. The molecule has 132 valence electrons. The number of furan rings is 1. The number of hydrogen-bond donors (Lipinski definition) is 2. The molecule has 0 saturated carbocycles. The molecule has 0 aliphatic heterocycles. The molecule has 0 aliphatic carbocycles. The average Bonchev–Trinajstić information content (AvgIpc) is 3.21. The maximum atomic E-state index is 12.1. The molecule has 0 spiro atoms. The van der Waals surface area contributed by atoms with Crippen LogP contribution >= 0.6 is 11.3 Å². The van der Waals surface area contributed by atoms with Crippen molar-refractivity contribution in [3.05, 3.63) is 47.0 Å². The monoisotopic (exact) mass is 370 g/mol. The lowest BCUT2D eigenvalue weighted by atomic mass is 10.1. The van der Waals surface area contributed by atoms with Crippen molar-refractivity contribution in [2.75, 3.05) is 5.32 Å². The Balaban J connectivity index is 1.62.